The minimum absolute atomic E-state index is 0.387. The lowest BCUT2D eigenvalue weighted by molar-refractivity contribution is -0.139. The minimum atomic E-state index is -0.897. The molecule has 0 aliphatic heterocycles. The molecular weight excluding hydrogens is 282 g/mol. The van der Waals surface area contributed by atoms with Crippen LogP contribution in [0.2, 0.25) is 5.02 Å². The predicted molar refractivity (Wildman–Crippen MR) is 77.7 cm³/mol. The number of rotatable bonds is 8. The molecular formula is C14H20ClNO4. The lowest BCUT2D eigenvalue weighted by Gasteiger charge is -2.15. The summed E-state index contributed by atoms with van der Waals surface area (Å²) in [7, 11) is 1.54. The number of halogens is 1. The monoisotopic (exact) mass is 301 g/mol. The Hall–Kier alpha value is -1.46. The molecule has 0 aliphatic rings. The van der Waals surface area contributed by atoms with Gasteiger partial charge in [0.05, 0.1) is 18.7 Å². The van der Waals surface area contributed by atoms with Crippen molar-refractivity contribution in [2.24, 2.45) is 0 Å². The molecule has 1 atom stereocenters. The molecule has 1 aromatic rings. The maximum Gasteiger partial charge on any atom is 0.320 e. The van der Waals surface area contributed by atoms with Crippen LogP contribution in [0.1, 0.15) is 25.8 Å². The summed E-state index contributed by atoms with van der Waals surface area (Å²) < 4.78 is 10.8. The van der Waals surface area contributed by atoms with Crippen LogP contribution in [0.5, 0.6) is 11.5 Å². The summed E-state index contributed by atoms with van der Waals surface area (Å²) in [6.07, 6.45) is 0.874. The maximum atomic E-state index is 10.7. The number of aliphatic carboxylic acids is 1. The molecule has 1 unspecified atom stereocenters. The first-order valence-corrected chi connectivity index (χ1v) is 6.82. The number of hydrogen-bond acceptors (Lipinski definition) is 4. The van der Waals surface area contributed by atoms with Crippen LogP contribution in [0.3, 0.4) is 0 Å². The molecule has 0 aliphatic carbocycles. The van der Waals surface area contributed by atoms with E-state index in [1.54, 1.807) is 26.2 Å². The average molecular weight is 302 g/mol. The topological polar surface area (TPSA) is 67.8 Å². The van der Waals surface area contributed by atoms with Crippen LogP contribution < -0.4 is 14.8 Å². The first-order valence-electron chi connectivity index (χ1n) is 6.45. The maximum absolute atomic E-state index is 10.7. The summed E-state index contributed by atoms with van der Waals surface area (Å²) in [4.78, 5) is 10.7. The Morgan fingerprint density at radius 3 is 2.75 bits per heavy atom. The highest BCUT2D eigenvalue weighted by Crippen LogP contribution is 2.36. The van der Waals surface area contributed by atoms with Gasteiger partial charge in [0.25, 0.3) is 0 Å². The summed E-state index contributed by atoms with van der Waals surface area (Å²) in [5.41, 5.74) is 0.837. The first kappa shape index (κ1) is 16.6. The van der Waals surface area contributed by atoms with E-state index in [1.165, 1.54) is 0 Å². The van der Waals surface area contributed by atoms with Gasteiger partial charge in [0.2, 0.25) is 0 Å². The molecule has 1 rings (SSSR count). The van der Waals surface area contributed by atoms with Crippen LogP contribution in [-0.4, -0.2) is 30.8 Å². The summed E-state index contributed by atoms with van der Waals surface area (Å²) in [6.45, 7) is 4.53. The van der Waals surface area contributed by atoms with Crippen LogP contribution in [0.15, 0.2) is 12.1 Å². The van der Waals surface area contributed by atoms with Gasteiger partial charge < -0.3 is 19.9 Å². The average Bonchev–Trinajstić information content (AvgIpc) is 2.42. The molecule has 0 bridgehead atoms. The Morgan fingerprint density at radius 2 is 2.20 bits per heavy atom. The summed E-state index contributed by atoms with van der Waals surface area (Å²) in [5, 5.41) is 12.2. The number of carboxylic acids is 1. The zero-order valence-electron chi connectivity index (χ0n) is 11.9. The summed E-state index contributed by atoms with van der Waals surface area (Å²) >= 11 is 6.18. The number of ether oxygens (including phenoxy) is 2. The molecule has 0 spiro atoms. The zero-order valence-corrected chi connectivity index (χ0v) is 12.7. The molecule has 0 amide bonds. The van der Waals surface area contributed by atoms with Crippen LogP contribution in [0, 0.1) is 0 Å². The SMILES string of the molecule is CCCOc1c(Cl)cc(CNC(C)C(=O)O)cc1OC. The second-order valence-corrected chi connectivity index (χ2v) is 4.81. The number of nitrogens with one attached hydrogen (secondary N) is 1. The van der Waals surface area contributed by atoms with Crippen LogP contribution in [0.25, 0.3) is 0 Å². The zero-order chi connectivity index (χ0) is 15.1. The fourth-order valence-corrected chi connectivity index (χ4v) is 1.87. The van der Waals surface area contributed by atoms with Crippen LogP contribution in [-0.2, 0) is 11.3 Å². The van der Waals surface area contributed by atoms with Crippen molar-refractivity contribution in [1.29, 1.82) is 0 Å². The van der Waals surface area contributed by atoms with E-state index >= 15 is 0 Å². The second kappa shape index (κ2) is 7.97. The highest BCUT2D eigenvalue weighted by molar-refractivity contribution is 6.32. The molecule has 0 aromatic heterocycles. The lowest BCUT2D eigenvalue weighted by atomic mass is 10.2. The molecule has 0 saturated heterocycles. The van der Waals surface area contributed by atoms with E-state index in [0.29, 0.717) is 29.7 Å². The van der Waals surface area contributed by atoms with E-state index in [4.69, 9.17) is 26.2 Å². The Morgan fingerprint density at radius 1 is 1.50 bits per heavy atom. The molecule has 6 heteroatoms. The van der Waals surface area contributed by atoms with Crippen molar-refractivity contribution in [1.82, 2.24) is 5.32 Å². The molecule has 2 N–H and O–H groups in total. The summed E-state index contributed by atoms with van der Waals surface area (Å²) in [5.74, 6) is 0.169. The minimum Gasteiger partial charge on any atom is -0.493 e. The number of hydrogen-bond donors (Lipinski definition) is 2. The van der Waals surface area contributed by atoms with E-state index < -0.39 is 12.0 Å². The molecule has 0 heterocycles. The second-order valence-electron chi connectivity index (χ2n) is 4.40. The summed E-state index contributed by atoms with van der Waals surface area (Å²) in [6, 6.07) is 2.91. The van der Waals surface area contributed by atoms with Gasteiger partial charge in [-0.3, -0.25) is 4.79 Å². The Balaban J connectivity index is 2.84. The first-order chi connectivity index (χ1) is 9.49. The lowest BCUT2D eigenvalue weighted by Crippen LogP contribution is -2.33. The number of carbonyl (C=O) groups is 1. The van der Waals surface area contributed by atoms with Crippen molar-refractivity contribution >= 4 is 17.6 Å². The van der Waals surface area contributed by atoms with Gasteiger partial charge in [-0.15, -0.1) is 0 Å². The fourth-order valence-electron chi connectivity index (χ4n) is 1.58. The van der Waals surface area contributed by atoms with Gasteiger partial charge >= 0.3 is 5.97 Å². The largest absolute Gasteiger partial charge is 0.493 e. The van der Waals surface area contributed by atoms with Crippen LogP contribution in [0.4, 0.5) is 0 Å². The highest BCUT2D eigenvalue weighted by atomic mass is 35.5. The third-order valence-corrected chi connectivity index (χ3v) is 3.00. The fraction of sp³-hybridized carbons (Fsp3) is 0.500. The third kappa shape index (κ3) is 4.58. The van der Waals surface area contributed by atoms with Gasteiger partial charge in [0.15, 0.2) is 11.5 Å². The number of methoxy groups -OCH3 is 1. The van der Waals surface area contributed by atoms with Crippen molar-refractivity contribution < 1.29 is 19.4 Å². The van der Waals surface area contributed by atoms with E-state index in [0.717, 1.165) is 12.0 Å². The van der Waals surface area contributed by atoms with Gasteiger partial charge in [-0.05, 0) is 31.0 Å². The van der Waals surface area contributed by atoms with Crippen molar-refractivity contribution in [3.8, 4) is 11.5 Å². The third-order valence-electron chi connectivity index (χ3n) is 2.72. The Labute approximate surface area is 123 Å². The van der Waals surface area contributed by atoms with E-state index in [9.17, 15) is 4.79 Å². The van der Waals surface area contributed by atoms with Gasteiger partial charge in [-0.25, -0.2) is 0 Å². The molecule has 112 valence electrons. The molecule has 0 radical (unpaired) electrons. The predicted octanol–water partition coefficient (Wildman–Crippen LogP) is 2.70. The van der Waals surface area contributed by atoms with Gasteiger partial charge in [-0.1, -0.05) is 18.5 Å². The van der Waals surface area contributed by atoms with Gasteiger partial charge in [0, 0.05) is 6.54 Å². The standard InChI is InChI=1S/C14H20ClNO4/c1-4-5-20-13-11(15)6-10(7-12(13)19-3)8-16-9(2)14(17)18/h6-7,9,16H,4-5,8H2,1-3H3,(H,17,18). The number of benzene rings is 1. The molecule has 0 fully saturated rings. The molecule has 1 aromatic carbocycles. The molecule has 5 nitrogen and oxygen atoms in total. The van der Waals surface area contributed by atoms with Crippen molar-refractivity contribution in [2.45, 2.75) is 32.9 Å². The molecule has 0 saturated carbocycles. The normalized spacial score (nSPS) is 12.0. The van der Waals surface area contributed by atoms with Gasteiger partial charge in [0.1, 0.15) is 6.04 Å². The smallest absolute Gasteiger partial charge is 0.320 e. The van der Waals surface area contributed by atoms with Crippen molar-refractivity contribution in [3.63, 3.8) is 0 Å². The van der Waals surface area contributed by atoms with Crippen molar-refractivity contribution in [3.05, 3.63) is 22.7 Å². The van der Waals surface area contributed by atoms with Crippen molar-refractivity contribution in [2.75, 3.05) is 13.7 Å². The highest BCUT2D eigenvalue weighted by Gasteiger charge is 2.14. The quantitative estimate of drug-likeness (QED) is 0.773. The molecule has 20 heavy (non-hydrogen) atoms. The van der Waals surface area contributed by atoms with Crippen LogP contribution >= 0.6 is 11.6 Å². The van der Waals surface area contributed by atoms with Gasteiger partial charge in [-0.2, -0.15) is 0 Å². The van der Waals surface area contributed by atoms with E-state index in [-0.39, 0.29) is 0 Å². The Kier molecular flexibility index (Phi) is 6.61. The Bertz CT molecular complexity index is 465. The van der Waals surface area contributed by atoms with E-state index in [2.05, 4.69) is 5.32 Å². The van der Waals surface area contributed by atoms with E-state index in [1.807, 2.05) is 6.92 Å². The number of carboxylic acid groups (broad SMARTS) is 1.